The van der Waals surface area contributed by atoms with E-state index in [1.807, 2.05) is 32.9 Å². The van der Waals surface area contributed by atoms with E-state index in [1.165, 1.54) is 43.2 Å². The van der Waals surface area contributed by atoms with Crippen molar-refractivity contribution in [1.82, 2.24) is 29.5 Å². The van der Waals surface area contributed by atoms with Crippen LogP contribution in [0.1, 0.15) is 107 Å². The summed E-state index contributed by atoms with van der Waals surface area (Å²) in [5.41, 5.74) is 0.397. The van der Waals surface area contributed by atoms with E-state index in [9.17, 15) is 9.59 Å². The van der Waals surface area contributed by atoms with Crippen LogP contribution in [0.25, 0.3) is 28.1 Å². The molecular formula is C38H55Br2IN6O4Sn. The number of nitrogens with zero attached hydrogens (tertiary/aromatic N) is 6. The van der Waals surface area contributed by atoms with Crippen molar-refractivity contribution in [1.29, 1.82) is 0 Å². The number of halogens is 3. The smallest absolute Gasteiger partial charge is 0.437 e. The van der Waals surface area contributed by atoms with Crippen molar-refractivity contribution in [2.75, 3.05) is 0 Å². The predicted molar refractivity (Wildman–Crippen MR) is 232 cm³/mol. The Morgan fingerprint density at radius 3 is 1.56 bits per heavy atom. The molecule has 4 rings (SSSR count). The number of hydrogen-bond acceptors (Lipinski definition) is 8. The summed E-state index contributed by atoms with van der Waals surface area (Å²) in [5, 5.41) is 9.90. The van der Waals surface area contributed by atoms with Gasteiger partial charge in [0.2, 0.25) is 0 Å². The van der Waals surface area contributed by atoms with Gasteiger partial charge in [0, 0.05) is 26.7 Å². The van der Waals surface area contributed by atoms with Gasteiger partial charge in [-0.15, -0.1) is 9.36 Å². The fourth-order valence-electron chi connectivity index (χ4n) is 5.22. The quantitative estimate of drug-likeness (QED) is 0.108. The van der Waals surface area contributed by atoms with Crippen molar-refractivity contribution in [3.63, 3.8) is 0 Å². The summed E-state index contributed by atoms with van der Waals surface area (Å²) in [4.78, 5) is 32.5. The van der Waals surface area contributed by atoms with Crippen molar-refractivity contribution in [2.45, 2.75) is 125 Å². The molecule has 0 aliphatic rings. The number of hydrogen-bond donors (Lipinski definition) is 0. The van der Waals surface area contributed by atoms with Crippen LogP contribution in [0.2, 0.25) is 13.3 Å². The first-order valence-corrected chi connectivity index (χ1v) is 28.2. The molecule has 0 unspecified atom stereocenters. The van der Waals surface area contributed by atoms with Crippen molar-refractivity contribution >= 4 is 113 Å². The predicted octanol–water partition coefficient (Wildman–Crippen LogP) is 12.8. The number of carbonyl (C=O) groups excluding carboxylic acids is 2. The van der Waals surface area contributed by atoms with E-state index < -0.39 is 41.8 Å². The van der Waals surface area contributed by atoms with E-state index in [-0.39, 0.29) is 0 Å². The summed E-state index contributed by atoms with van der Waals surface area (Å²) in [7, 11) is 0. The Morgan fingerprint density at radius 1 is 0.769 bits per heavy atom. The summed E-state index contributed by atoms with van der Waals surface area (Å²) >= 11 is 6.90. The number of rotatable bonds is 11. The maximum Gasteiger partial charge on any atom is 0.437 e. The van der Waals surface area contributed by atoms with E-state index in [1.54, 1.807) is 52.6 Å². The Hall–Kier alpha value is -1.85. The molecule has 286 valence electrons. The summed E-state index contributed by atoms with van der Waals surface area (Å²) < 4.78 is 22.5. The van der Waals surface area contributed by atoms with Gasteiger partial charge in [0.25, 0.3) is 0 Å². The molecule has 4 aromatic rings. The molecule has 0 N–H and O–H groups in total. The number of unbranched alkanes of at least 4 members (excludes halogenated alkanes) is 3. The van der Waals surface area contributed by atoms with Crippen LogP contribution in [0.5, 0.6) is 0 Å². The SMILES string of the molecule is C=Cc1nn(C(=O)OC(C)(C)C)c2ncc(Br)cc12.C=[CH][Sn]([CH2]CCC)([CH2]CCC)[CH2]CCC.CC(C)(C)OC(=O)n1nc(I)c2cc(Br)cnc21. The molecule has 0 bridgehead atoms. The molecule has 0 saturated heterocycles. The number of ether oxygens (including phenoxy) is 2. The van der Waals surface area contributed by atoms with Gasteiger partial charge in [-0.1, -0.05) is 6.58 Å². The van der Waals surface area contributed by atoms with Gasteiger partial charge >= 0.3 is 114 Å². The van der Waals surface area contributed by atoms with Gasteiger partial charge in [-0.2, -0.15) is 10.2 Å². The topological polar surface area (TPSA) is 114 Å². The van der Waals surface area contributed by atoms with Gasteiger partial charge < -0.3 is 9.47 Å². The van der Waals surface area contributed by atoms with Gasteiger partial charge in [-0.3, -0.25) is 0 Å². The van der Waals surface area contributed by atoms with Crippen LogP contribution in [0.15, 0.2) is 50.7 Å². The summed E-state index contributed by atoms with van der Waals surface area (Å²) in [6.07, 6.45) is 12.2. The molecular weight excluding hydrogens is 1010 g/mol. The van der Waals surface area contributed by atoms with Crippen LogP contribution in [-0.2, 0) is 9.47 Å². The minimum absolute atomic E-state index is 0.451. The van der Waals surface area contributed by atoms with E-state index in [4.69, 9.17) is 9.47 Å². The molecule has 0 amide bonds. The minimum Gasteiger partial charge on any atom is -0.442 e. The van der Waals surface area contributed by atoms with Crippen LogP contribution < -0.4 is 0 Å². The minimum atomic E-state index is -1.85. The van der Waals surface area contributed by atoms with Crippen LogP contribution in [0.3, 0.4) is 0 Å². The molecule has 0 saturated carbocycles. The van der Waals surface area contributed by atoms with Crippen LogP contribution in [-0.4, -0.2) is 71.3 Å². The molecule has 0 spiro atoms. The summed E-state index contributed by atoms with van der Waals surface area (Å²) in [6, 6.07) is 3.71. The number of aromatic nitrogens is 6. The molecule has 0 fully saturated rings. The molecule has 0 aliphatic carbocycles. The fraction of sp³-hybridized carbons (Fsp3) is 0.526. The zero-order chi connectivity index (χ0) is 39.3. The first kappa shape index (κ1) is 46.3. The molecule has 0 atom stereocenters. The number of carbonyl (C=O) groups is 2. The number of fused-ring (bicyclic) bond motifs is 2. The number of pyridine rings is 2. The van der Waals surface area contributed by atoms with Crippen LogP contribution in [0, 0.1) is 3.70 Å². The second-order valence-electron chi connectivity index (χ2n) is 14.6. The van der Waals surface area contributed by atoms with Gasteiger partial charge in [0.15, 0.2) is 11.3 Å². The van der Waals surface area contributed by atoms with E-state index in [0.29, 0.717) is 20.7 Å². The summed E-state index contributed by atoms with van der Waals surface area (Å²) in [6.45, 7) is 25.7. The standard InChI is InChI=1S/C13H14BrN3O2.C11H11BrIN3O2.3C4H9.C2H3.Sn/c1-5-10-9-6-8(14)7-15-11(9)17(16-10)12(18)19-13(2,3)4;1-11(2,3)18-10(17)16-9-7(8(13)15-16)4-6(12)5-14-9;3*1-3-4-2;1-2;/h5-7H,1H2,2-4H3;4-5H,1-3H3;3*1,3-4H2,2H3;1H,2H2;. The van der Waals surface area contributed by atoms with Gasteiger partial charge in [0.1, 0.15) is 14.9 Å². The molecule has 52 heavy (non-hydrogen) atoms. The zero-order valence-corrected chi connectivity index (χ0v) is 40.4. The van der Waals surface area contributed by atoms with E-state index >= 15 is 0 Å². The fourth-order valence-corrected chi connectivity index (χ4v) is 19.4. The normalized spacial score (nSPS) is 11.7. The van der Waals surface area contributed by atoms with Gasteiger partial charge in [-0.05, 0) is 114 Å². The maximum absolute atomic E-state index is 12.1. The Morgan fingerprint density at radius 2 is 1.17 bits per heavy atom. The van der Waals surface area contributed by atoms with Gasteiger partial charge in [0.05, 0.1) is 11.1 Å². The zero-order valence-electron chi connectivity index (χ0n) is 32.2. The first-order chi connectivity index (χ1) is 24.3. The van der Waals surface area contributed by atoms with E-state index in [0.717, 1.165) is 24.4 Å². The molecule has 4 aromatic heterocycles. The Bertz CT molecular complexity index is 1790. The van der Waals surface area contributed by atoms with Crippen molar-refractivity contribution < 1.29 is 19.1 Å². The largest absolute Gasteiger partial charge is 0.442 e. The molecule has 0 aromatic carbocycles. The average molecular weight is 1070 g/mol. The summed E-state index contributed by atoms with van der Waals surface area (Å²) in [5.74, 6) is 0. The third kappa shape index (κ3) is 14.4. The maximum atomic E-state index is 12.1. The Kier molecular flexibility index (Phi) is 19.0. The molecule has 0 radical (unpaired) electrons. The Labute approximate surface area is 344 Å². The second kappa shape index (κ2) is 21.3. The third-order valence-corrected chi connectivity index (χ3v) is 23.5. The molecule has 14 heteroatoms. The van der Waals surface area contributed by atoms with Crippen LogP contribution in [0.4, 0.5) is 9.59 Å². The van der Waals surface area contributed by atoms with Gasteiger partial charge in [-0.25, -0.2) is 19.6 Å². The van der Waals surface area contributed by atoms with Crippen molar-refractivity contribution in [3.8, 4) is 0 Å². The molecule has 4 heterocycles. The second-order valence-corrected chi connectivity index (χ2v) is 30.7. The monoisotopic (exact) mass is 1060 g/mol. The molecule has 10 nitrogen and oxygen atoms in total. The Balaban J connectivity index is 0.000000273. The average Bonchev–Trinajstić information content (AvgIpc) is 3.60. The van der Waals surface area contributed by atoms with Crippen LogP contribution >= 0.6 is 54.5 Å². The van der Waals surface area contributed by atoms with E-state index in [2.05, 4.69) is 113 Å². The van der Waals surface area contributed by atoms with Crippen molar-refractivity contribution in [3.05, 3.63) is 60.1 Å². The first-order valence-electron chi connectivity index (χ1n) is 17.8. The molecule has 0 aliphatic heterocycles. The van der Waals surface area contributed by atoms with Crippen molar-refractivity contribution in [2.24, 2.45) is 0 Å². The third-order valence-electron chi connectivity index (χ3n) is 7.81.